The van der Waals surface area contributed by atoms with Crippen LogP contribution in [0.15, 0.2) is 6.20 Å². The minimum Gasteiger partial charge on any atom is -0.395 e. The van der Waals surface area contributed by atoms with E-state index in [9.17, 15) is 0 Å². The quantitative estimate of drug-likeness (QED) is 0.619. The van der Waals surface area contributed by atoms with Crippen LogP contribution in [0.1, 0.15) is 0 Å². The minimum absolute atomic E-state index is 0.0205. The summed E-state index contributed by atoms with van der Waals surface area (Å²) in [4.78, 5) is 8.26. The summed E-state index contributed by atoms with van der Waals surface area (Å²) in [7, 11) is 1.78. The lowest BCUT2D eigenvalue weighted by molar-refractivity contribution is 0.311. The first-order valence-corrected chi connectivity index (χ1v) is 4.52. The van der Waals surface area contributed by atoms with Gasteiger partial charge in [0.05, 0.1) is 18.2 Å². The molecule has 0 unspecified atom stereocenters. The van der Waals surface area contributed by atoms with E-state index in [1.54, 1.807) is 17.9 Å². The van der Waals surface area contributed by atoms with Crippen molar-refractivity contribution in [3.8, 4) is 0 Å². The van der Waals surface area contributed by atoms with Crippen LogP contribution in [0.25, 0.3) is 11.0 Å². The molecule has 7 nitrogen and oxygen atoms in total. The van der Waals surface area contributed by atoms with E-state index in [0.717, 1.165) is 5.39 Å². The lowest BCUT2D eigenvalue weighted by Crippen LogP contribution is -2.10. The zero-order valence-corrected chi connectivity index (χ0v) is 8.30. The number of aryl methyl sites for hydroxylation is 1. The van der Waals surface area contributed by atoms with Gasteiger partial charge >= 0.3 is 0 Å². The molecule has 0 saturated heterocycles. The molecule has 2 aromatic rings. The smallest absolute Gasteiger partial charge is 0.226 e. The molecule has 0 bridgehead atoms. The van der Waals surface area contributed by atoms with Crippen molar-refractivity contribution in [2.45, 2.75) is 0 Å². The molecule has 2 heterocycles. The van der Waals surface area contributed by atoms with Gasteiger partial charge in [0.1, 0.15) is 5.82 Å². The Labute approximate surface area is 85.9 Å². The van der Waals surface area contributed by atoms with Gasteiger partial charge in [0.25, 0.3) is 0 Å². The molecular formula is C8H12N6O. The molecule has 0 atom stereocenters. The molecule has 0 spiro atoms. The Morgan fingerprint density at radius 3 is 3.07 bits per heavy atom. The Morgan fingerprint density at radius 2 is 2.33 bits per heavy atom. The van der Waals surface area contributed by atoms with Crippen LogP contribution in [0.3, 0.4) is 0 Å². The van der Waals surface area contributed by atoms with Gasteiger partial charge in [-0.05, 0) is 0 Å². The van der Waals surface area contributed by atoms with Crippen molar-refractivity contribution in [1.82, 2.24) is 19.7 Å². The standard InChI is InChI=1S/C8H12N6O/c1-14-7-5(4-11-14)6(9)12-8(13-7)10-2-3-15/h4,15H,2-3H2,1H3,(H3,9,10,12,13). The topological polar surface area (TPSA) is 102 Å². The second-order valence-corrected chi connectivity index (χ2v) is 3.09. The first-order chi connectivity index (χ1) is 7.22. The summed E-state index contributed by atoms with van der Waals surface area (Å²) >= 11 is 0. The van der Waals surface area contributed by atoms with Crippen LogP contribution in [-0.4, -0.2) is 38.0 Å². The van der Waals surface area contributed by atoms with Crippen molar-refractivity contribution in [3.05, 3.63) is 6.20 Å². The van der Waals surface area contributed by atoms with Crippen LogP contribution in [0.5, 0.6) is 0 Å². The zero-order chi connectivity index (χ0) is 10.8. The summed E-state index contributed by atoms with van der Waals surface area (Å²) in [5.41, 5.74) is 6.40. The van der Waals surface area contributed by atoms with Gasteiger partial charge in [-0.3, -0.25) is 4.68 Å². The van der Waals surface area contributed by atoms with Gasteiger partial charge < -0.3 is 16.2 Å². The highest BCUT2D eigenvalue weighted by Gasteiger charge is 2.08. The van der Waals surface area contributed by atoms with Crippen LogP contribution in [0, 0.1) is 0 Å². The summed E-state index contributed by atoms with van der Waals surface area (Å²) in [6, 6.07) is 0. The van der Waals surface area contributed by atoms with Gasteiger partial charge in [0.15, 0.2) is 5.65 Å². The highest BCUT2D eigenvalue weighted by atomic mass is 16.3. The molecular weight excluding hydrogens is 196 g/mol. The highest BCUT2D eigenvalue weighted by molar-refractivity contribution is 5.86. The second-order valence-electron chi connectivity index (χ2n) is 3.09. The van der Waals surface area contributed by atoms with Crippen LogP contribution in [-0.2, 0) is 7.05 Å². The van der Waals surface area contributed by atoms with E-state index in [2.05, 4.69) is 20.4 Å². The van der Waals surface area contributed by atoms with Crippen molar-refractivity contribution in [1.29, 1.82) is 0 Å². The van der Waals surface area contributed by atoms with E-state index in [1.807, 2.05) is 0 Å². The maximum atomic E-state index is 8.66. The minimum atomic E-state index is 0.0205. The van der Waals surface area contributed by atoms with Gasteiger partial charge in [0, 0.05) is 13.6 Å². The fourth-order valence-electron chi connectivity index (χ4n) is 1.29. The number of nitrogen functional groups attached to an aromatic ring is 1. The van der Waals surface area contributed by atoms with Crippen molar-refractivity contribution >= 4 is 22.8 Å². The molecule has 0 radical (unpaired) electrons. The number of fused-ring (bicyclic) bond motifs is 1. The molecule has 15 heavy (non-hydrogen) atoms. The van der Waals surface area contributed by atoms with E-state index in [1.165, 1.54) is 0 Å². The van der Waals surface area contributed by atoms with Crippen molar-refractivity contribution < 1.29 is 5.11 Å². The molecule has 0 aromatic carbocycles. The molecule has 7 heteroatoms. The fraction of sp³-hybridized carbons (Fsp3) is 0.375. The molecule has 4 N–H and O–H groups in total. The average molecular weight is 208 g/mol. The number of aliphatic hydroxyl groups is 1. The third kappa shape index (κ3) is 1.68. The Kier molecular flexibility index (Phi) is 2.38. The van der Waals surface area contributed by atoms with Gasteiger partial charge in [-0.1, -0.05) is 0 Å². The Hall–Kier alpha value is -1.89. The molecule has 2 aromatic heterocycles. The first kappa shape index (κ1) is 9.66. The predicted molar refractivity (Wildman–Crippen MR) is 56.3 cm³/mol. The van der Waals surface area contributed by atoms with Crippen LogP contribution in [0.4, 0.5) is 11.8 Å². The van der Waals surface area contributed by atoms with Gasteiger partial charge in [-0.15, -0.1) is 0 Å². The molecule has 0 saturated carbocycles. The number of rotatable bonds is 3. The normalized spacial score (nSPS) is 10.8. The number of nitrogens with zero attached hydrogens (tertiary/aromatic N) is 4. The largest absolute Gasteiger partial charge is 0.395 e. The average Bonchev–Trinajstić information content (AvgIpc) is 2.58. The predicted octanol–water partition coefficient (Wildman–Crippen LogP) is -0.650. The number of nitrogens with two attached hydrogens (primary N) is 1. The Bertz CT molecular complexity index is 479. The molecule has 2 rings (SSSR count). The number of aromatic nitrogens is 4. The Morgan fingerprint density at radius 1 is 1.53 bits per heavy atom. The third-order valence-corrected chi connectivity index (χ3v) is 2.02. The van der Waals surface area contributed by atoms with E-state index in [4.69, 9.17) is 10.8 Å². The van der Waals surface area contributed by atoms with Gasteiger partial charge in [-0.2, -0.15) is 15.1 Å². The lowest BCUT2D eigenvalue weighted by atomic mass is 10.4. The lowest BCUT2D eigenvalue weighted by Gasteiger charge is -2.04. The van der Waals surface area contributed by atoms with Crippen LogP contribution >= 0.6 is 0 Å². The van der Waals surface area contributed by atoms with Crippen LogP contribution < -0.4 is 11.1 Å². The van der Waals surface area contributed by atoms with E-state index < -0.39 is 0 Å². The summed E-state index contributed by atoms with van der Waals surface area (Å²) < 4.78 is 1.62. The molecule has 0 amide bonds. The molecule has 0 aliphatic rings. The molecule has 80 valence electrons. The molecule has 0 aliphatic heterocycles. The first-order valence-electron chi connectivity index (χ1n) is 4.52. The second kappa shape index (κ2) is 3.70. The maximum Gasteiger partial charge on any atom is 0.226 e. The summed E-state index contributed by atoms with van der Waals surface area (Å²) in [5, 5.41) is 16.3. The van der Waals surface area contributed by atoms with Crippen LogP contribution in [0.2, 0.25) is 0 Å². The maximum absolute atomic E-state index is 8.66. The highest BCUT2D eigenvalue weighted by Crippen LogP contribution is 2.17. The number of anilines is 2. The van der Waals surface area contributed by atoms with Crippen molar-refractivity contribution in [2.24, 2.45) is 7.05 Å². The Balaban J connectivity index is 2.45. The summed E-state index contributed by atoms with van der Waals surface area (Å²) in [6.07, 6.45) is 1.63. The van der Waals surface area contributed by atoms with Gasteiger partial charge in [0.2, 0.25) is 5.95 Å². The zero-order valence-electron chi connectivity index (χ0n) is 8.30. The van der Waals surface area contributed by atoms with E-state index in [0.29, 0.717) is 24.0 Å². The van der Waals surface area contributed by atoms with E-state index >= 15 is 0 Å². The third-order valence-electron chi connectivity index (χ3n) is 2.02. The number of hydrogen-bond donors (Lipinski definition) is 3. The van der Waals surface area contributed by atoms with Crippen molar-refractivity contribution in [2.75, 3.05) is 24.2 Å². The summed E-state index contributed by atoms with van der Waals surface area (Å²) in [6.45, 7) is 0.412. The fourth-order valence-corrected chi connectivity index (χ4v) is 1.29. The van der Waals surface area contributed by atoms with Crippen molar-refractivity contribution in [3.63, 3.8) is 0 Å². The van der Waals surface area contributed by atoms with E-state index in [-0.39, 0.29) is 6.61 Å². The number of aliphatic hydroxyl groups excluding tert-OH is 1. The van der Waals surface area contributed by atoms with Gasteiger partial charge in [-0.25, -0.2) is 0 Å². The molecule has 0 fully saturated rings. The molecule has 0 aliphatic carbocycles. The monoisotopic (exact) mass is 208 g/mol. The number of nitrogens with one attached hydrogen (secondary N) is 1. The number of hydrogen-bond acceptors (Lipinski definition) is 6. The summed E-state index contributed by atoms with van der Waals surface area (Å²) in [5.74, 6) is 0.784. The SMILES string of the molecule is Cn1ncc2c(N)nc(NCCO)nc21.